The molecule has 2 aromatic heterocycles. The topological polar surface area (TPSA) is 55.7 Å². The molecule has 0 atom stereocenters. The van der Waals surface area contributed by atoms with Gasteiger partial charge in [0.25, 0.3) is 0 Å². The molecule has 0 bridgehead atoms. The fraction of sp³-hybridized carbons (Fsp3) is 0.143. The molecule has 2 aromatic rings. The van der Waals surface area contributed by atoms with Gasteiger partial charge in [0.15, 0.2) is 5.78 Å². The van der Waals surface area contributed by atoms with E-state index in [-0.39, 0.29) is 5.78 Å². The minimum absolute atomic E-state index is 0.00185. The molecule has 0 amide bonds. The Morgan fingerprint density at radius 1 is 1.54 bits per heavy atom. The fourth-order valence-corrected chi connectivity index (χ4v) is 1.92. The van der Waals surface area contributed by atoms with E-state index in [1.807, 2.05) is 0 Å². The molecule has 2 rings (SSSR count). The summed E-state index contributed by atoms with van der Waals surface area (Å²) in [6.45, 7) is 0. The van der Waals surface area contributed by atoms with Crippen LogP contribution in [0.3, 0.4) is 0 Å². The molecule has 0 saturated heterocycles. The molecule has 0 saturated carbocycles. The first-order valence-electron chi connectivity index (χ1n) is 3.54. The highest BCUT2D eigenvalue weighted by Gasteiger charge is 2.10. The van der Waals surface area contributed by atoms with Crippen molar-refractivity contribution >= 4 is 28.7 Å². The van der Waals surface area contributed by atoms with Crippen LogP contribution in [0.4, 0.5) is 0 Å². The fourth-order valence-electron chi connectivity index (χ4n) is 0.864. The summed E-state index contributed by atoms with van der Waals surface area (Å²) in [7, 11) is 0. The summed E-state index contributed by atoms with van der Waals surface area (Å²) < 4.78 is 3.63. The Labute approximate surface area is 82.4 Å². The Bertz CT molecular complexity index is 382. The maximum Gasteiger partial charge on any atom is 0.189 e. The van der Waals surface area contributed by atoms with Crippen molar-refractivity contribution in [3.8, 4) is 0 Å². The summed E-state index contributed by atoms with van der Waals surface area (Å²) in [5.41, 5.74) is 2.15. The van der Waals surface area contributed by atoms with Gasteiger partial charge in [0.2, 0.25) is 0 Å². The number of rotatable bonds is 3. The molecule has 0 unspecified atom stereocenters. The van der Waals surface area contributed by atoms with Gasteiger partial charge >= 0.3 is 0 Å². The summed E-state index contributed by atoms with van der Waals surface area (Å²) in [6.07, 6.45) is 2.07. The molecular formula is C7H5N3OS2. The van der Waals surface area contributed by atoms with Crippen LogP contribution in [0, 0.1) is 0 Å². The number of thiazole rings is 1. The third kappa shape index (κ3) is 1.96. The maximum atomic E-state index is 11.5. The Hall–Kier alpha value is -1.14. The monoisotopic (exact) mass is 211 g/mol. The van der Waals surface area contributed by atoms with Crippen LogP contribution in [0.5, 0.6) is 0 Å². The SMILES string of the molecule is O=C(Cc1cncs1)c1csnn1. The second-order valence-electron chi connectivity index (χ2n) is 2.36. The first kappa shape index (κ1) is 8.46. The van der Waals surface area contributed by atoms with Gasteiger partial charge in [-0.1, -0.05) is 4.49 Å². The molecular weight excluding hydrogens is 206 g/mol. The van der Waals surface area contributed by atoms with Crippen LogP contribution in [0.15, 0.2) is 17.1 Å². The van der Waals surface area contributed by atoms with Crippen molar-refractivity contribution in [3.05, 3.63) is 27.7 Å². The minimum Gasteiger partial charge on any atom is -0.292 e. The van der Waals surface area contributed by atoms with Crippen molar-refractivity contribution in [2.75, 3.05) is 0 Å². The van der Waals surface area contributed by atoms with Crippen LogP contribution >= 0.6 is 22.9 Å². The third-order valence-electron chi connectivity index (χ3n) is 1.46. The van der Waals surface area contributed by atoms with E-state index < -0.39 is 0 Å². The summed E-state index contributed by atoms with van der Waals surface area (Å²) in [5, 5.41) is 5.36. The lowest BCUT2D eigenvalue weighted by Crippen LogP contribution is -2.02. The summed E-state index contributed by atoms with van der Waals surface area (Å²) in [4.78, 5) is 16.3. The van der Waals surface area contributed by atoms with Crippen LogP contribution in [-0.4, -0.2) is 20.4 Å². The quantitative estimate of drug-likeness (QED) is 0.720. The van der Waals surface area contributed by atoms with E-state index in [4.69, 9.17) is 0 Å². The van der Waals surface area contributed by atoms with E-state index in [9.17, 15) is 4.79 Å². The van der Waals surface area contributed by atoms with E-state index in [1.54, 1.807) is 17.1 Å². The van der Waals surface area contributed by atoms with Crippen LogP contribution in [0.1, 0.15) is 15.4 Å². The number of nitrogens with zero attached hydrogens (tertiary/aromatic N) is 3. The lowest BCUT2D eigenvalue weighted by atomic mass is 10.2. The molecule has 0 spiro atoms. The minimum atomic E-state index is -0.00185. The second-order valence-corrected chi connectivity index (χ2v) is 3.94. The van der Waals surface area contributed by atoms with Gasteiger partial charge in [-0.2, -0.15) is 0 Å². The van der Waals surface area contributed by atoms with Crippen molar-refractivity contribution in [1.29, 1.82) is 0 Å². The van der Waals surface area contributed by atoms with Crippen molar-refractivity contribution < 1.29 is 4.79 Å². The molecule has 0 aliphatic carbocycles. The van der Waals surface area contributed by atoms with Gasteiger partial charge in [0, 0.05) is 22.9 Å². The molecule has 0 N–H and O–H groups in total. The number of carbonyl (C=O) groups is 1. The lowest BCUT2D eigenvalue weighted by Gasteiger charge is -1.90. The smallest absolute Gasteiger partial charge is 0.189 e. The van der Waals surface area contributed by atoms with Crippen molar-refractivity contribution in [3.63, 3.8) is 0 Å². The zero-order valence-electron chi connectivity index (χ0n) is 6.51. The standard InChI is InChI=1S/C7H5N3OS2/c11-7(6-3-13-10-9-6)1-5-2-8-4-12-5/h2-4H,1H2. The molecule has 4 nitrogen and oxygen atoms in total. The van der Waals surface area contributed by atoms with Crippen LogP contribution in [-0.2, 0) is 6.42 Å². The second kappa shape index (κ2) is 3.71. The number of hydrogen-bond acceptors (Lipinski definition) is 6. The number of carbonyl (C=O) groups excluding carboxylic acids is 1. The summed E-state index contributed by atoms with van der Waals surface area (Å²) >= 11 is 2.66. The van der Waals surface area contributed by atoms with Gasteiger partial charge in [-0.05, 0) is 11.5 Å². The van der Waals surface area contributed by atoms with Crippen LogP contribution < -0.4 is 0 Å². The maximum absolute atomic E-state index is 11.5. The highest BCUT2D eigenvalue weighted by Crippen LogP contribution is 2.09. The normalized spacial score (nSPS) is 10.2. The Kier molecular flexibility index (Phi) is 2.42. The highest BCUT2D eigenvalue weighted by molar-refractivity contribution is 7.09. The van der Waals surface area contributed by atoms with E-state index >= 15 is 0 Å². The van der Waals surface area contributed by atoms with Gasteiger partial charge in [-0.3, -0.25) is 9.78 Å². The zero-order valence-corrected chi connectivity index (χ0v) is 8.14. The Balaban J connectivity index is 2.08. The van der Waals surface area contributed by atoms with Crippen molar-refractivity contribution in [2.24, 2.45) is 0 Å². The van der Waals surface area contributed by atoms with E-state index in [0.717, 1.165) is 4.88 Å². The Morgan fingerprint density at radius 2 is 2.46 bits per heavy atom. The first-order chi connectivity index (χ1) is 6.36. The van der Waals surface area contributed by atoms with E-state index in [1.165, 1.54) is 22.9 Å². The predicted molar refractivity (Wildman–Crippen MR) is 50.1 cm³/mol. The summed E-state index contributed by atoms with van der Waals surface area (Å²) in [6, 6.07) is 0. The molecule has 0 fully saturated rings. The number of hydrogen-bond donors (Lipinski definition) is 0. The van der Waals surface area contributed by atoms with Gasteiger partial charge in [-0.25, -0.2) is 0 Å². The molecule has 0 aliphatic heterocycles. The molecule has 66 valence electrons. The van der Waals surface area contributed by atoms with Crippen LogP contribution in [0.25, 0.3) is 0 Å². The number of ketones is 1. The number of aromatic nitrogens is 3. The molecule has 6 heteroatoms. The largest absolute Gasteiger partial charge is 0.292 e. The van der Waals surface area contributed by atoms with Gasteiger partial charge in [-0.15, -0.1) is 16.4 Å². The molecule has 0 aliphatic rings. The first-order valence-corrected chi connectivity index (χ1v) is 5.25. The van der Waals surface area contributed by atoms with Gasteiger partial charge in [0.05, 0.1) is 5.51 Å². The highest BCUT2D eigenvalue weighted by atomic mass is 32.1. The molecule has 0 radical (unpaired) electrons. The van der Waals surface area contributed by atoms with E-state index in [0.29, 0.717) is 12.1 Å². The average Bonchev–Trinajstić information content (AvgIpc) is 2.74. The van der Waals surface area contributed by atoms with E-state index in [2.05, 4.69) is 14.6 Å². The van der Waals surface area contributed by atoms with Gasteiger partial charge < -0.3 is 0 Å². The van der Waals surface area contributed by atoms with Crippen molar-refractivity contribution in [1.82, 2.24) is 14.6 Å². The van der Waals surface area contributed by atoms with Crippen LogP contribution in [0.2, 0.25) is 0 Å². The zero-order chi connectivity index (χ0) is 9.10. The average molecular weight is 211 g/mol. The summed E-state index contributed by atoms with van der Waals surface area (Å²) in [5.74, 6) is -0.00185. The van der Waals surface area contributed by atoms with Gasteiger partial charge in [0.1, 0.15) is 5.69 Å². The molecule has 2 heterocycles. The van der Waals surface area contributed by atoms with Crippen molar-refractivity contribution in [2.45, 2.75) is 6.42 Å². The lowest BCUT2D eigenvalue weighted by molar-refractivity contribution is 0.0989. The third-order valence-corrected chi connectivity index (χ3v) is 2.75. The predicted octanol–water partition coefficient (Wildman–Crippen LogP) is 1.42. The Morgan fingerprint density at radius 3 is 3.08 bits per heavy atom. The number of Topliss-reactive ketones (excluding diaryl/α,β-unsaturated/α-hetero) is 1. The molecule has 0 aromatic carbocycles. The molecule has 13 heavy (non-hydrogen) atoms.